The monoisotopic (exact) mass is 464 g/mol. The van der Waals surface area contributed by atoms with Crippen molar-refractivity contribution in [1.29, 1.82) is 0 Å². The van der Waals surface area contributed by atoms with Gasteiger partial charge >= 0.3 is 5.97 Å². The predicted molar refractivity (Wildman–Crippen MR) is 126 cm³/mol. The minimum Gasteiger partial charge on any atom is -0.480 e. The summed E-state index contributed by atoms with van der Waals surface area (Å²) in [7, 11) is -3.25. The molecule has 1 aromatic carbocycles. The zero-order chi connectivity index (χ0) is 23.4. The zero-order valence-corrected chi connectivity index (χ0v) is 19.0. The number of benzene rings is 1. The van der Waals surface area contributed by atoms with E-state index < -0.39 is 15.8 Å². The quantitative estimate of drug-likeness (QED) is 0.555. The van der Waals surface area contributed by atoms with Crippen LogP contribution in [-0.4, -0.2) is 60.3 Å². The highest BCUT2D eigenvalue weighted by molar-refractivity contribution is 7.90. The number of anilines is 2. The van der Waals surface area contributed by atoms with E-state index in [-0.39, 0.29) is 17.4 Å². The summed E-state index contributed by atoms with van der Waals surface area (Å²) in [6, 6.07) is 10.3. The Kier molecular flexibility index (Phi) is 6.58. The third kappa shape index (κ3) is 5.86. The fourth-order valence-electron chi connectivity index (χ4n) is 3.76. The zero-order valence-electron chi connectivity index (χ0n) is 18.2. The molecule has 0 bridgehead atoms. The van der Waals surface area contributed by atoms with E-state index in [9.17, 15) is 13.2 Å². The van der Waals surface area contributed by atoms with Gasteiger partial charge in [0.2, 0.25) is 0 Å². The molecule has 3 aromatic rings. The van der Waals surface area contributed by atoms with Gasteiger partial charge in [0.15, 0.2) is 9.84 Å². The second-order valence-electron chi connectivity index (χ2n) is 8.09. The first-order chi connectivity index (χ1) is 15.8. The molecule has 0 spiro atoms. The number of likely N-dealkylation sites (tertiary alicyclic amines) is 1. The maximum absolute atomic E-state index is 11.6. The Balaban J connectivity index is 1.51. The third-order valence-corrected chi connectivity index (χ3v) is 6.67. The van der Waals surface area contributed by atoms with Crippen molar-refractivity contribution in [2.45, 2.75) is 17.7 Å². The Morgan fingerprint density at radius 2 is 1.91 bits per heavy atom. The van der Waals surface area contributed by atoms with Crippen molar-refractivity contribution in [3.8, 4) is 11.8 Å². The SMILES string of the molecule is CS(=O)(=O)c1ccc(Nc2cc3c(C#CC4CCN(CC(=O)O)CC4)nccc3cn2)cc1. The number of aliphatic carboxylic acids is 1. The molecule has 0 amide bonds. The van der Waals surface area contributed by atoms with Gasteiger partial charge in [0.25, 0.3) is 0 Å². The average molecular weight is 465 g/mol. The van der Waals surface area contributed by atoms with Crippen molar-refractivity contribution < 1.29 is 18.3 Å². The molecule has 1 aliphatic heterocycles. The molecule has 3 heterocycles. The number of carboxylic acids is 1. The van der Waals surface area contributed by atoms with Gasteiger partial charge in [0.1, 0.15) is 11.5 Å². The molecule has 0 aliphatic carbocycles. The van der Waals surface area contributed by atoms with Crippen LogP contribution in [0, 0.1) is 17.8 Å². The first-order valence-corrected chi connectivity index (χ1v) is 12.4. The van der Waals surface area contributed by atoms with E-state index in [1.54, 1.807) is 36.7 Å². The molecule has 33 heavy (non-hydrogen) atoms. The molecule has 8 nitrogen and oxygen atoms in total. The van der Waals surface area contributed by atoms with E-state index in [0.717, 1.165) is 42.4 Å². The van der Waals surface area contributed by atoms with Crippen LogP contribution in [0.5, 0.6) is 0 Å². The second-order valence-corrected chi connectivity index (χ2v) is 10.1. The van der Waals surface area contributed by atoms with Gasteiger partial charge in [-0.05, 0) is 68.2 Å². The molecule has 2 N–H and O–H groups in total. The number of carboxylic acid groups (broad SMARTS) is 1. The van der Waals surface area contributed by atoms with Gasteiger partial charge in [0, 0.05) is 41.0 Å². The molecule has 0 atom stereocenters. The molecule has 1 aliphatic rings. The van der Waals surface area contributed by atoms with Crippen LogP contribution in [0.25, 0.3) is 10.8 Å². The summed E-state index contributed by atoms with van der Waals surface area (Å²) in [6.45, 7) is 1.53. The van der Waals surface area contributed by atoms with Gasteiger partial charge in [-0.2, -0.15) is 0 Å². The number of nitrogens with zero attached hydrogens (tertiary/aromatic N) is 3. The molecule has 170 valence electrons. The number of piperidine rings is 1. The summed E-state index contributed by atoms with van der Waals surface area (Å²) < 4.78 is 23.3. The highest BCUT2D eigenvalue weighted by Gasteiger charge is 2.19. The third-order valence-electron chi connectivity index (χ3n) is 5.54. The van der Waals surface area contributed by atoms with Gasteiger partial charge < -0.3 is 10.4 Å². The van der Waals surface area contributed by atoms with Gasteiger partial charge in [-0.3, -0.25) is 9.69 Å². The van der Waals surface area contributed by atoms with E-state index in [1.807, 2.05) is 17.0 Å². The van der Waals surface area contributed by atoms with Crippen LogP contribution in [0.3, 0.4) is 0 Å². The molecule has 4 rings (SSSR count). The van der Waals surface area contributed by atoms with Crippen LogP contribution in [0.1, 0.15) is 18.5 Å². The number of carbonyl (C=O) groups is 1. The summed E-state index contributed by atoms with van der Waals surface area (Å²) in [5, 5.41) is 13.9. The summed E-state index contributed by atoms with van der Waals surface area (Å²) in [5.41, 5.74) is 1.39. The normalized spacial score (nSPS) is 15.1. The van der Waals surface area contributed by atoms with Crippen LogP contribution in [-0.2, 0) is 14.6 Å². The molecule has 0 unspecified atom stereocenters. The number of hydrogen-bond donors (Lipinski definition) is 2. The molecule has 1 saturated heterocycles. The first kappa shape index (κ1) is 22.7. The molecule has 0 radical (unpaired) electrons. The predicted octanol–water partition coefficient (Wildman–Crippen LogP) is 2.93. The fourth-order valence-corrected chi connectivity index (χ4v) is 4.39. The Hall–Kier alpha value is -3.48. The Morgan fingerprint density at radius 3 is 2.58 bits per heavy atom. The minimum absolute atomic E-state index is 0.0742. The number of pyridine rings is 2. The van der Waals surface area contributed by atoms with Gasteiger partial charge in [-0.1, -0.05) is 5.92 Å². The van der Waals surface area contributed by atoms with Crippen molar-refractivity contribution in [3.63, 3.8) is 0 Å². The average Bonchev–Trinajstić information content (AvgIpc) is 2.78. The maximum Gasteiger partial charge on any atom is 0.317 e. The van der Waals surface area contributed by atoms with Crippen molar-refractivity contribution in [1.82, 2.24) is 14.9 Å². The van der Waals surface area contributed by atoms with Crippen molar-refractivity contribution in [2.24, 2.45) is 5.92 Å². The number of rotatable bonds is 5. The number of hydrogen-bond acceptors (Lipinski definition) is 7. The largest absolute Gasteiger partial charge is 0.480 e. The molecule has 9 heteroatoms. The van der Waals surface area contributed by atoms with Crippen LogP contribution >= 0.6 is 0 Å². The summed E-state index contributed by atoms with van der Waals surface area (Å²) in [5.74, 6) is 6.53. The highest BCUT2D eigenvalue weighted by Crippen LogP contribution is 2.23. The molecule has 2 aromatic heterocycles. The van der Waals surface area contributed by atoms with E-state index in [2.05, 4.69) is 27.1 Å². The lowest BCUT2D eigenvalue weighted by Crippen LogP contribution is -2.37. The molecular weight excluding hydrogens is 440 g/mol. The van der Waals surface area contributed by atoms with Crippen LogP contribution in [0.15, 0.2) is 53.7 Å². The molecule has 1 fully saturated rings. The fraction of sp³-hybridized carbons (Fsp3) is 0.292. The van der Waals surface area contributed by atoms with Crippen LogP contribution < -0.4 is 5.32 Å². The van der Waals surface area contributed by atoms with Crippen molar-refractivity contribution in [3.05, 3.63) is 54.5 Å². The Labute approximate surface area is 192 Å². The maximum atomic E-state index is 11.6. The van der Waals surface area contributed by atoms with Gasteiger partial charge in [-0.25, -0.2) is 18.4 Å². The number of aromatic nitrogens is 2. The Bertz CT molecular complexity index is 1340. The molecular formula is C24H24N4O4S. The lowest BCUT2D eigenvalue weighted by molar-refractivity contribution is -0.138. The van der Waals surface area contributed by atoms with E-state index in [1.165, 1.54) is 6.26 Å². The number of nitrogens with one attached hydrogen (secondary N) is 1. The lowest BCUT2D eigenvalue weighted by Gasteiger charge is -2.28. The minimum atomic E-state index is -3.25. The van der Waals surface area contributed by atoms with Crippen molar-refractivity contribution >= 4 is 38.1 Å². The van der Waals surface area contributed by atoms with E-state index >= 15 is 0 Å². The topological polar surface area (TPSA) is 112 Å². The standard InChI is InChI=1S/C24H24N4O4S/c1-33(31,32)20-5-3-19(4-6-20)27-23-14-21-18(15-26-23)8-11-25-22(21)7-2-17-9-12-28(13-10-17)16-24(29)30/h3-6,8,11,14-15,17H,9-10,12-13,16H2,1H3,(H,26,27)(H,29,30). The number of sulfone groups is 1. The van der Waals surface area contributed by atoms with Gasteiger partial charge in [-0.15, -0.1) is 0 Å². The van der Waals surface area contributed by atoms with E-state index in [4.69, 9.17) is 5.11 Å². The second kappa shape index (κ2) is 9.57. The summed E-state index contributed by atoms with van der Waals surface area (Å²) in [4.78, 5) is 21.9. The Morgan fingerprint density at radius 1 is 1.18 bits per heavy atom. The first-order valence-electron chi connectivity index (χ1n) is 10.6. The van der Waals surface area contributed by atoms with Crippen LogP contribution in [0.4, 0.5) is 11.5 Å². The van der Waals surface area contributed by atoms with Crippen LogP contribution in [0.2, 0.25) is 0 Å². The van der Waals surface area contributed by atoms with Crippen molar-refractivity contribution in [2.75, 3.05) is 31.2 Å². The number of fused-ring (bicyclic) bond motifs is 1. The smallest absolute Gasteiger partial charge is 0.317 e. The summed E-state index contributed by atoms with van der Waals surface area (Å²) >= 11 is 0. The van der Waals surface area contributed by atoms with Gasteiger partial charge in [0.05, 0.1) is 11.4 Å². The van der Waals surface area contributed by atoms with E-state index in [0.29, 0.717) is 11.5 Å². The lowest BCUT2D eigenvalue weighted by atomic mass is 9.97. The highest BCUT2D eigenvalue weighted by atomic mass is 32.2. The molecule has 0 saturated carbocycles. The summed E-state index contributed by atoms with van der Waals surface area (Å²) in [6.07, 6.45) is 6.31.